The second-order valence-electron chi connectivity index (χ2n) is 4.00. The van der Waals surface area contributed by atoms with Crippen LogP contribution in [0.25, 0.3) is 0 Å². The fourth-order valence-corrected chi connectivity index (χ4v) is 2.68. The van der Waals surface area contributed by atoms with E-state index in [1.54, 1.807) is 5.01 Å². The van der Waals surface area contributed by atoms with Gasteiger partial charge >= 0.3 is 0 Å². The number of anilines is 1. The molecule has 2 N–H and O–H groups in total. The Morgan fingerprint density at radius 1 is 1.05 bits per heavy atom. The number of nitrogens with zero attached hydrogens (tertiary/aromatic N) is 3. The second-order valence-corrected chi connectivity index (χ2v) is 6.38. The molecule has 10 heteroatoms. The van der Waals surface area contributed by atoms with Gasteiger partial charge in [-0.05, 0) is 47.8 Å². The number of benzene rings is 1. The molecule has 0 aromatic heterocycles. The van der Waals surface area contributed by atoms with Crippen molar-refractivity contribution in [1.29, 1.82) is 0 Å². The summed E-state index contributed by atoms with van der Waals surface area (Å²) in [6.45, 7) is 1.33. The summed E-state index contributed by atoms with van der Waals surface area (Å²) in [7, 11) is -4.17. The number of hydrogen-bond donors (Lipinski definition) is 2. The summed E-state index contributed by atoms with van der Waals surface area (Å²) in [5.74, 6) is 0. The van der Waals surface area contributed by atoms with Crippen LogP contribution in [0.15, 0.2) is 29.2 Å². The third kappa shape index (κ3) is 4.18. The van der Waals surface area contributed by atoms with E-state index in [0.717, 1.165) is 0 Å². The highest BCUT2D eigenvalue weighted by Gasteiger charge is 2.21. The highest BCUT2D eigenvalue weighted by Crippen LogP contribution is 2.17. The highest BCUT2D eigenvalue weighted by atomic mass is 35.5. The molecule has 1 saturated heterocycles. The maximum Gasteiger partial charge on any atom is 0.294 e. The monoisotopic (exact) mass is 326 g/mol. The molecule has 0 unspecified atom stereocenters. The Bertz CT molecular complexity index is 529. The minimum absolute atomic E-state index is 0.158. The molecule has 0 atom stereocenters. The zero-order valence-electron chi connectivity index (χ0n) is 9.70. The van der Waals surface area contributed by atoms with Crippen molar-refractivity contribution in [3.05, 3.63) is 24.3 Å². The Labute approximate surface area is 121 Å². The summed E-state index contributed by atoms with van der Waals surface area (Å²) in [6, 6.07) is 5.68. The molecular weight excluding hydrogens is 315 g/mol. The van der Waals surface area contributed by atoms with E-state index in [2.05, 4.69) is 5.43 Å². The molecular formula is C9H12Cl2N4O3S. The molecule has 0 saturated carbocycles. The fourth-order valence-electron chi connectivity index (χ4n) is 1.63. The topological polar surface area (TPSA) is 76.1 Å². The van der Waals surface area contributed by atoms with Crippen molar-refractivity contribution >= 4 is 39.4 Å². The molecule has 1 fully saturated rings. The first kappa shape index (κ1) is 14.8. The smallest absolute Gasteiger partial charge is 0.294 e. The van der Waals surface area contributed by atoms with Gasteiger partial charge in [0.15, 0.2) is 0 Å². The van der Waals surface area contributed by atoms with Crippen molar-refractivity contribution in [3.8, 4) is 0 Å². The van der Waals surface area contributed by atoms with Crippen LogP contribution in [0.3, 0.4) is 0 Å². The van der Waals surface area contributed by atoms with E-state index in [4.69, 9.17) is 28.1 Å². The summed E-state index contributed by atoms with van der Waals surface area (Å²) >= 11 is 11.7. The molecule has 106 valence electrons. The van der Waals surface area contributed by atoms with E-state index < -0.39 is 10.1 Å². The minimum atomic E-state index is -4.17. The highest BCUT2D eigenvalue weighted by molar-refractivity contribution is 7.85. The molecule has 7 nitrogen and oxygen atoms in total. The third-order valence-electron chi connectivity index (χ3n) is 2.39. The van der Waals surface area contributed by atoms with Crippen LogP contribution in [0.2, 0.25) is 0 Å². The van der Waals surface area contributed by atoms with Crippen molar-refractivity contribution in [2.75, 3.05) is 25.4 Å². The van der Waals surface area contributed by atoms with Gasteiger partial charge in [-0.2, -0.15) is 22.3 Å². The van der Waals surface area contributed by atoms with Crippen molar-refractivity contribution in [2.45, 2.75) is 4.90 Å². The first-order chi connectivity index (χ1) is 8.84. The summed E-state index contributed by atoms with van der Waals surface area (Å²) in [6.07, 6.45) is 0. The maximum absolute atomic E-state index is 10.9. The fraction of sp³-hybridized carbons (Fsp3) is 0.333. The quantitative estimate of drug-likeness (QED) is 0.641. The first-order valence-electron chi connectivity index (χ1n) is 5.25. The van der Waals surface area contributed by atoms with Crippen LogP contribution in [0.4, 0.5) is 5.69 Å². The number of halogens is 2. The Morgan fingerprint density at radius 3 is 2.05 bits per heavy atom. The lowest BCUT2D eigenvalue weighted by molar-refractivity contribution is 0.0884. The van der Waals surface area contributed by atoms with E-state index in [-0.39, 0.29) is 4.90 Å². The first-order valence-corrected chi connectivity index (χ1v) is 7.37. The molecule has 0 aliphatic carbocycles. The minimum Gasteiger partial charge on any atom is -0.316 e. The van der Waals surface area contributed by atoms with Crippen LogP contribution in [0.1, 0.15) is 0 Å². The normalized spacial score (nSPS) is 19.5. The van der Waals surface area contributed by atoms with Crippen molar-refractivity contribution in [3.63, 3.8) is 0 Å². The number of rotatable bonds is 3. The maximum atomic E-state index is 10.9. The molecule has 1 aliphatic rings. The van der Waals surface area contributed by atoms with Gasteiger partial charge in [0.1, 0.15) is 0 Å². The molecule has 1 heterocycles. The van der Waals surface area contributed by atoms with Gasteiger partial charge in [0, 0.05) is 5.69 Å². The predicted molar refractivity (Wildman–Crippen MR) is 71.7 cm³/mol. The van der Waals surface area contributed by atoms with E-state index in [1.807, 2.05) is 0 Å². The number of nitrogens with one attached hydrogen (secondary N) is 1. The standard InChI is InChI=1S/C9H12Cl2N4O3S/c10-13-5-14(11)7-15(6-13)12-8-1-3-9(4-2-8)19(16,17)18/h1-4,12H,5-7H2,(H,16,17,18). The van der Waals surface area contributed by atoms with Crippen molar-refractivity contribution < 1.29 is 13.0 Å². The summed E-state index contributed by atoms with van der Waals surface area (Å²) in [5, 5.41) is 1.74. The molecule has 0 amide bonds. The molecule has 19 heavy (non-hydrogen) atoms. The molecule has 1 aromatic carbocycles. The second kappa shape index (κ2) is 5.80. The molecule has 0 radical (unpaired) electrons. The van der Waals surface area contributed by atoms with Crippen LogP contribution in [0, 0.1) is 0 Å². The zero-order chi connectivity index (χ0) is 14.0. The van der Waals surface area contributed by atoms with Crippen LogP contribution in [-0.2, 0) is 10.1 Å². The van der Waals surface area contributed by atoms with Crippen molar-refractivity contribution in [1.82, 2.24) is 13.8 Å². The van der Waals surface area contributed by atoms with Crippen molar-refractivity contribution in [2.24, 2.45) is 0 Å². The third-order valence-corrected chi connectivity index (χ3v) is 3.69. The lowest BCUT2D eigenvalue weighted by Gasteiger charge is -2.35. The Kier molecular flexibility index (Phi) is 4.51. The van der Waals surface area contributed by atoms with Crippen LogP contribution in [0.5, 0.6) is 0 Å². The zero-order valence-corrected chi connectivity index (χ0v) is 12.0. The average molecular weight is 327 g/mol. The van der Waals surface area contributed by atoms with Gasteiger partial charge in [-0.1, -0.05) is 0 Å². The molecule has 1 aromatic rings. The lowest BCUT2D eigenvalue weighted by Crippen LogP contribution is -2.50. The largest absolute Gasteiger partial charge is 0.316 e. The van der Waals surface area contributed by atoms with E-state index in [9.17, 15) is 8.42 Å². The van der Waals surface area contributed by atoms with Gasteiger partial charge in [0.05, 0.1) is 24.9 Å². The molecule has 0 spiro atoms. The number of hydrazine groups is 1. The van der Waals surface area contributed by atoms with Gasteiger partial charge in [-0.3, -0.25) is 4.55 Å². The van der Waals surface area contributed by atoms with Crippen LogP contribution in [-0.4, -0.2) is 46.8 Å². The van der Waals surface area contributed by atoms with E-state index >= 15 is 0 Å². The number of hydrogen-bond acceptors (Lipinski definition) is 6. The predicted octanol–water partition coefficient (Wildman–Crippen LogP) is 1.36. The van der Waals surface area contributed by atoms with Crippen LogP contribution >= 0.6 is 23.6 Å². The summed E-state index contributed by atoms with van der Waals surface area (Å²) < 4.78 is 33.6. The average Bonchev–Trinajstić information content (AvgIpc) is 2.26. The summed E-state index contributed by atoms with van der Waals surface area (Å²) in [5.41, 5.74) is 3.68. The SMILES string of the molecule is O=S(=O)(O)c1ccc(NN2CN(Cl)CN(Cl)C2)cc1. The van der Waals surface area contributed by atoms with E-state index in [1.165, 1.54) is 33.1 Å². The van der Waals surface area contributed by atoms with Gasteiger partial charge in [0.2, 0.25) is 0 Å². The molecule has 2 rings (SSSR count). The van der Waals surface area contributed by atoms with Gasteiger partial charge in [-0.15, -0.1) is 0 Å². The summed E-state index contributed by atoms with van der Waals surface area (Å²) in [4.78, 5) is -0.158. The Balaban J connectivity index is 2.03. The Hall–Kier alpha value is -0.610. The van der Waals surface area contributed by atoms with Gasteiger partial charge in [-0.25, -0.2) is 0 Å². The van der Waals surface area contributed by atoms with Gasteiger partial charge in [0.25, 0.3) is 10.1 Å². The molecule has 0 bridgehead atoms. The van der Waals surface area contributed by atoms with E-state index in [0.29, 0.717) is 25.7 Å². The van der Waals surface area contributed by atoms with Crippen LogP contribution < -0.4 is 5.43 Å². The van der Waals surface area contributed by atoms with Gasteiger partial charge < -0.3 is 5.43 Å². The molecule has 1 aliphatic heterocycles. The Morgan fingerprint density at radius 2 is 1.58 bits per heavy atom. The lowest BCUT2D eigenvalue weighted by atomic mass is 10.3.